The van der Waals surface area contributed by atoms with Gasteiger partial charge in [0.2, 0.25) is 0 Å². The minimum absolute atomic E-state index is 0.252. The molecule has 3 heteroatoms. The van der Waals surface area contributed by atoms with Crippen molar-refractivity contribution in [3.05, 3.63) is 60.2 Å². The van der Waals surface area contributed by atoms with Crippen molar-refractivity contribution in [1.82, 2.24) is 0 Å². The van der Waals surface area contributed by atoms with Crippen LogP contribution in [0.2, 0.25) is 0 Å². The molecule has 2 aromatic rings. The molecule has 0 aliphatic heterocycles. The lowest BCUT2D eigenvalue weighted by Crippen LogP contribution is -2.23. The normalized spacial score (nSPS) is 16.7. The summed E-state index contributed by atoms with van der Waals surface area (Å²) in [5.41, 5.74) is 0.879. The summed E-state index contributed by atoms with van der Waals surface area (Å²) in [6, 6.07) is 17.1. The van der Waals surface area contributed by atoms with Crippen LogP contribution in [0.5, 0.6) is 11.5 Å². The summed E-state index contributed by atoms with van der Waals surface area (Å²) >= 11 is 0. The molecule has 3 rings (SSSR count). The van der Waals surface area contributed by atoms with Crippen LogP contribution in [0.3, 0.4) is 0 Å². The van der Waals surface area contributed by atoms with Crippen LogP contribution >= 0.6 is 0 Å². The lowest BCUT2D eigenvalue weighted by atomic mass is 9.77. The minimum atomic E-state index is -0.714. The average Bonchev–Trinajstić information content (AvgIpc) is 2.58. The number of carboxylic acids is 1. The maximum Gasteiger partial charge on any atom is 0.311 e. The Bertz CT molecular complexity index is 628. The molecule has 0 saturated heterocycles. The summed E-state index contributed by atoms with van der Waals surface area (Å²) in [5.74, 6) is 0.645. The Morgan fingerprint density at radius 3 is 2.13 bits per heavy atom. The molecular formula is C20H22O3. The third-order valence-electron chi connectivity index (χ3n) is 4.61. The fourth-order valence-electron chi connectivity index (χ4n) is 3.45. The Hall–Kier alpha value is -2.29. The van der Waals surface area contributed by atoms with Gasteiger partial charge < -0.3 is 9.84 Å². The second kappa shape index (κ2) is 7.32. The van der Waals surface area contributed by atoms with Crippen LogP contribution in [0.15, 0.2) is 54.6 Å². The van der Waals surface area contributed by atoms with Gasteiger partial charge in [0.1, 0.15) is 11.5 Å². The molecule has 1 N–H and O–H groups in total. The predicted octanol–water partition coefficient (Wildman–Crippen LogP) is 5.23. The monoisotopic (exact) mass is 310 g/mol. The number of ether oxygens (including phenoxy) is 1. The van der Waals surface area contributed by atoms with Crippen LogP contribution in [-0.4, -0.2) is 11.1 Å². The van der Waals surface area contributed by atoms with Crippen molar-refractivity contribution in [2.24, 2.45) is 5.92 Å². The third-order valence-corrected chi connectivity index (χ3v) is 4.61. The molecule has 120 valence electrons. The smallest absolute Gasteiger partial charge is 0.311 e. The Labute approximate surface area is 136 Å². The van der Waals surface area contributed by atoms with Gasteiger partial charge in [0.15, 0.2) is 0 Å². The van der Waals surface area contributed by atoms with Crippen LogP contribution in [0, 0.1) is 5.92 Å². The van der Waals surface area contributed by atoms with E-state index in [9.17, 15) is 9.90 Å². The van der Waals surface area contributed by atoms with Crippen LogP contribution in [0.25, 0.3) is 0 Å². The summed E-state index contributed by atoms with van der Waals surface area (Å²) in [5, 5.41) is 9.65. The summed E-state index contributed by atoms with van der Waals surface area (Å²) in [4.78, 5) is 11.7. The van der Waals surface area contributed by atoms with Crippen molar-refractivity contribution in [3.63, 3.8) is 0 Å². The maximum atomic E-state index is 11.7. The number of hydrogen-bond donors (Lipinski definition) is 1. The zero-order chi connectivity index (χ0) is 16.1. The predicted molar refractivity (Wildman–Crippen MR) is 89.9 cm³/mol. The van der Waals surface area contributed by atoms with Gasteiger partial charge in [-0.05, 0) is 48.6 Å². The molecule has 0 aromatic heterocycles. The number of carboxylic acid groups (broad SMARTS) is 1. The number of carbonyl (C=O) groups is 1. The van der Waals surface area contributed by atoms with Crippen molar-refractivity contribution in [2.75, 3.05) is 0 Å². The van der Waals surface area contributed by atoms with Crippen LogP contribution in [0.4, 0.5) is 0 Å². The maximum absolute atomic E-state index is 11.7. The summed E-state index contributed by atoms with van der Waals surface area (Å²) < 4.78 is 5.77. The first kappa shape index (κ1) is 15.6. The second-order valence-electron chi connectivity index (χ2n) is 6.20. The standard InChI is InChI=1S/C20H22O3/c21-20(22)19(15-7-3-1-4-8-15)16-11-13-18(14-12-16)23-17-9-5-2-6-10-17/h2,5-6,9-15,19H,1,3-4,7-8H2,(H,21,22). The zero-order valence-electron chi connectivity index (χ0n) is 13.2. The number of para-hydroxylation sites is 1. The summed E-state index contributed by atoms with van der Waals surface area (Å²) in [7, 11) is 0. The van der Waals surface area contributed by atoms with E-state index in [2.05, 4.69) is 0 Å². The molecule has 2 aromatic carbocycles. The molecule has 1 saturated carbocycles. The first-order valence-corrected chi connectivity index (χ1v) is 8.30. The van der Waals surface area contributed by atoms with E-state index in [-0.39, 0.29) is 5.92 Å². The first-order valence-electron chi connectivity index (χ1n) is 8.30. The van der Waals surface area contributed by atoms with E-state index in [1.54, 1.807) is 0 Å². The van der Waals surface area contributed by atoms with Crippen molar-refractivity contribution >= 4 is 5.97 Å². The van der Waals surface area contributed by atoms with Gasteiger partial charge in [-0.15, -0.1) is 0 Å². The van der Waals surface area contributed by atoms with E-state index in [0.717, 1.165) is 42.7 Å². The van der Waals surface area contributed by atoms with Crippen LogP contribution < -0.4 is 4.74 Å². The molecule has 0 spiro atoms. The number of aliphatic carboxylic acids is 1. The van der Waals surface area contributed by atoms with Gasteiger partial charge >= 0.3 is 5.97 Å². The summed E-state index contributed by atoms with van der Waals surface area (Å²) in [6.07, 6.45) is 5.54. The van der Waals surface area contributed by atoms with Gasteiger partial charge in [0, 0.05) is 0 Å². The first-order chi connectivity index (χ1) is 11.2. The van der Waals surface area contributed by atoms with Crippen molar-refractivity contribution in [2.45, 2.75) is 38.0 Å². The highest BCUT2D eigenvalue weighted by Gasteiger charge is 2.30. The van der Waals surface area contributed by atoms with Gasteiger partial charge in [-0.1, -0.05) is 49.6 Å². The molecule has 1 aliphatic carbocycles. The van der Waals surface area contributed by atoms with E-state index >= 15 is 0 Å². The Balaban J connectivity index is 1.75. The van der Waals surface area contributed by atoms with E-state index in [1.165, 1.54) is 6.42 Å². The van der Waals surface area contributed by atoms with Gasteiger partial charge in [-0.25, -0.2) is 0 Å². The number of rotatable bonds is 5. The van der Waals surface area contributed by atoms with Gasteiger partial charge in [-0.3, -0.25) is 4.79 Å². The van der Waals surface area contributed by atoms with Gasteiger partial charge in [0.25, 0.3) is 0 Å². The topological polar surface area (TPSA) is 46.5 Å². The van der Waals surface area contributed by atoms with E-state index in [0.29, 0.717) is 0 Å². The van der Waals surface area contributed by atoms with E-state index in [4.69, 9.17) is 4.74 Å². The molecule has 1 fully saturated rings. The SMILES string of the molecule is O=C(O)C(c1ccc(Oc2ccccc2)cc1)C1CCCCC1. The molecule has 1 unspecified atom stereocenters. The average molecular weight is 310 g/mol. The molecule has 23 heavy (non-hydrogen) atoms. The second-order valence-corrected chi connectivity index (χ2v) is 6.20. The van der Waals surface area contributed by atoms with E-state index < -0.39 is 11.9 Å². The highest BCUT2D eigenvalue weighted by molar-refractivity contribution is 5.76. The molecule has 0 radical (unpaired) electrons. The Kier molecular flexibility index (Phi) is 4.96. The highest BCUT2D eigenvalue weighted by atomic mass is 16.5. The highest BCUT2D eigenvalue weighted by Crippen LogP contribution is 2.37. The van der Waals surface area contributed by atoms with E-state index in [1.807, 2.05) is 54.6 Å². The van der Waals surface area contributed by atoms with Crippen molar-refractivity contribution in [3.8, 4) is 11.5 Å². The molecule has 0 heterocycles. The largest absolute Gasteiger partial charge is 0.481 e. The van der Waals surface area contributed by atoms with Gasteiger partial charge in [0.05, 0.1) is 5.92 Å². The van der Waals surface area contributed by atoms with Crippen LogP contribution in [0.1, 0.15) is 43.6 Å². The fraction of sp³-hybridized carbons (Fsp3) is 0.350. The zero-order valence-corrected chi connectivity index (χ0v) is 13.2. The number of hydrogen-bond acceptors (Lipinski definition) is 2. The molecule has 0 amide bonds. The third kappa shape index (κ3) is 3.92. The van der Waals surface area contributed by atoms with Crippen molar-refractivity contribution in [1.29, 1.82) is 0 Å². The quantitative estimate of drug-likeness (QED) is 0.822. The molecular weight excluding hydrogens is 288 g/mol. The molecule has 3 nitrogen and oxygen atoms in total. The Morgan fingerprint density at radius 1 is 0.913 bits per heavy atom. The molecule has 1 aliphatic rings. The number of benzene rings is 2. The minimum Gasteiger partial charge on any atom is -0.481 e. The Morgan fingerprint density at radius 2 is 1.52 bits per heavy atom. The molecule has 0 bridgehead atoms. The molecule has 1 atom stereocenters. The van der Waals surface area contributed by atoms with Crippen LogP contribution in [-0.2, 0) is 4.79 Å². The summed E-state index contributed by atoms with van der Waals surface area (Å²) in [6.45, 7) is 0. The lowest BCUT2D eigenvalue weighted by Gasteiger charge is -2.27. The lowest BCUT2D eigenvalue weighted by molar-refractivity contribution is -0.140. The fourth-order valence-corrected chi connectivity index (χ4v) is 3.45. The van der Waals surface area contributed by atoms with Gasteiger partial charge in [-0.2, -0.15) is 0 Å². The van der Waals surface area contributed by atoms with Crippen molar-refractivity contribution < 1.29 is 14.6 Å².